The number of nitrogens with zero attached hydrogens (tertiary/aromatic N) is 2. The van der Waals surface area contributed by atoms with Gasteiger partial charge in [-0.2, -0.15) is 4.31 Å². The summed E-state index contributed by atoms with van der Waals surface area (Å²) in [7, 11) is -3.60. The Labute approximate surface area is 177 Å². The lowest BCUT2D eigenvalue weighted by atomic mass is 9.93. The summed E-state index contributed by atoms with van der Waals surface area (Å²) in [5.74, 6) is 1.27. The average molecular weight is 436 g/mol. The molecule has 0 bridgehead atoms. The molecule has 1 saturated heterocycles. The van der Waals surface area contributed by atoms with E-state index in [4.69, 9.17) is 9.26 Å². The minimum absolute atomic E-state index is 0.165. The second kappa shape index (κ2) is 8.77. The van der Waals surface area contributed by atoms with Gasteiger partial charge in [0.15, 0.2) is 5.82 Å². The van der Waals surface area contributed by atoms with Crippen LogP contribution < -0.4 is 10.1 Å². The van der Waals surface area contributed by atoms with Crippen molar-refractivity contribution in [2.45, 2.75) is 50.8 Å². The number of amides is 1. The Morgan fingerprint density at radius 1 is 1.23 bits per heavy atom. The molecule has 0 atom stereocenters. The molecule has 1 aromatic carbocycles. The third kappa shape index (κ3) is 5.02. The van der Waals surface area contributed by atoms with Crippen molar-refractivity contribution < 1.29 is 22.5 Å². The van der Waals surface area contributed by atoms with Crippen molar-refractivity contribution in [2.75, 3.05) is 25.0 Å². The maximum Gasteiger partial charge on any atom is 0.243 e. The number of piperidine rings is 1. The predicted octanol–water partition coefficient (Wildman–Crippen LogP) is 3.41. The summed E-state index contributed by atoms with van der Waals surface area (Å²) in [6, 6.07) is 8.14. The van der Waals surface area contributed by atoms with E-state index in [-0.39, 0.29) is 22.1 Å². The van der Waals surface area contributed by atoms with E-state index >= 15 is 0 Å². The van der Waals surface area contributed by atoms with Crippen molar-refractivity contribution in [1.82, 2.24) is 9.46 Å². The van der Waals surface area contributed by atoms with Crippen LogP contribution in [0.15, 0.2) is 39.8 Å². The number of benzene rings is 1. The van der Waals surface area contributed by atoms with Crippen molar-refractivity contribution in [3.8, 4) is 5.75 Å². The molecule has 0 unspecified atom stereocenters. The highest BCUT2D eigenvalue weighted by Crippen LogP contribution is 2.27. The van der Waals surface area contributed by atoms with Crippen molar-refractivity contribution in [1.29, 1.82) is 0 Å². The molecular formula is C21H29N3O5S. The Morgan fingerprint density at radius 2 is 1.87 bits per heavy atom. The van der Waals surface area contributed by atoms with Crippen LogP contribution in [0.4, 0.5) is 5.82 Å². The van der Waals surface area contributed by atoms with E-state index in [2.05, 4.69) is 10.5 Å². The maximum atomic E-state index is 12.9. The first-order valence-electron chi connectivity index (χ1n) is 10.1. The van der Waals surface area contributed by atoms with E-state index in [1.54, 1.807) is 30.3 Å². The SMILES string of the molecule is CCOc1ccc(S(=O)(=O)N2CCC(C(=O)Nc3cc(C(C)(C)C)on3)CC2)cc1. The molecule has 1 aliphatic heterocycles. The Bertz CT molecular complexity index is 969. The van der Waals surface area contributed by atoms with Gasteiger partial charge in [-0.1, -0.05) is 25.9 Å². The summed E-state index contributed by atoms with van der Waals surface area (Å²) in [4.78, 5) is 12.8. The second-order valence-corrected chi connectivity index (χ2v) is 10.3. The number of carbonyl (C=O) groups is 1. The van der Waals surface area contributed by atoms with Crippen LogP contribution >= 0.6 is 0 Å². The molecule has 164 valence electrons. The summed E-state index contributed by atoms with van der Waals surface area (Å²) in [6.45, 7) is 8.98. The average Bonchev–Trinajstić information content (AvgIpc) is 3.18. The molecule has 3 rings (SSSR count). The van der Waals surface area contributed by atoms with E-state index in [9.17, 15) is 13.2 Å². The molecule has 2 heterocycles. The summed E-state index contributed by atoms with van der Waals surface area (Å²) < 4.78 is 37.9. The molecule has 9 heteroatoms. The van der Waals surface area contributed by atoms with Gasteiger partial charge in [-0.3, -0.25) is 4.79 Å². The molecule has 0 saturated carbocycles. The first kappa shape index (κ1) is 22.3. The zero-order valence-corrected chi connectivity index (χ0v) is 18.7. The molecule has 2 aromatic rings. The number of sulfonamides is 1. The van der Waals surface area contributed by atoms with Crippen molar-refractivity contribution in [2.24, 2.45) is 5.92 Å². The standard InChI is InChI=1S/C21H29N3O5S/c1-5-28-16-6-8-17(9-7-16)30(26,27)24-12-10-15(11-13-24)20(25)22-19-14-18(29-23-19)21(2,3)4/h6-9,14-15H,5,10-13H2,1-4H3,(H,22,23,25). The maximum absolute atomic E-state index is 12.9. The monoisotopic (exact) mass is 435 g/mol. The number of carbonyl (C=O) groups excluding carboxylic acids is 1. The third-order valence-corrected chi connectivity index (χ3v) is 7.01. The topological polar surface area (TPSA) is 102 Å². The van der Waals surface area contributed by atoms with Gasteiger partial charge >= 0.3 is 0 Å². The molecule has 1 amide bonds. The minimum atomic E-state index is -3.60. The van der Waals surface area contributed by atoms with Crippen LogP contribution in [-0.2, 0) is 20.2 Å². The van der Waals surface area contributed by atoms with Crippen LogP contribution in [0.25, 0.3) is 0 Å². The van der Waals surface area contributed by atoms with Gasteiger partial charge in [0.05, 0.1) is 11.5 Å². The fourth-order valence-corrected chi connectivity index (χ4v) is 4.77. The highest BCUT2D eigenvalue weighted by molar-refractivity contribution is 7.89. The van der Waals surface area contributed by atoms with Crippen molar-refractivity contribution in [3.05, 3.63) is 36.1 Å². The fraction of sp³-hybridized carbons (Fsp3) is 0.524. The van der Waals surface area contributed by atoms with Gasteiger partial charge < -0.3 is 14.6 Å². The lowest BCUT2D eigenvalue weighted by Gasteiger charge is -2.30. The molecule has 0 aliphatic carbocycles. The number of hydrogen-bond acceptors (Lipinski definition) is 6. The quantitative estimate of drug-likeness (QED) is 0.746. The fourth-order valence-electron chi connectivity index (χ4n) is 3.30. The number of ether oxygens (including phenoxy) is 1. The summed E-state index contributed by atoms with van der Waals surface area (Å²) in [6.07, 6.45) is 0.901. The lowest BCUT2D eigenvalue weighted by Crippen LogP contribution is -2.41. The number of aromatic nitrogens is 1. The zero-order chi connectivity index (χ0) is 21.9. The number of nitrogens with one attached hydrogen (secondary N) is 1. The molecule has 0 spiro atoms. The van der Waals surface area contributed by atoms with Gasteiger partial charge in [0, 0.05) is 30.5 Å². The summed E-state index contributed by atoms with van der Waals surface area (Å²) in [5, 5.41) is 6.69. The molecule has 8 nitrogen and oxygen atoms in total. The third-order valence-electron chi connectivity index (χ3n) is 5.10. The van der Waals surface area contributed by atoms with Gasteiger partial charge in [0.2, 0.25) is 15.9 Å². The van der Waals surface area contributed by atoms with Gasteiger partial charge in [0.25, 0.3) is 0 Å². The predicted molar refractivity (Wildman–Crippen MR) is 113 cm³/mol. The first-order chi connectivity index (χ1) is 14.1. The van der Waals surface area contributed by atoms with Crippen LogP contribution in [-0.4, -0.2) is 43.5 Å². The molecule has 0 radical (unpaired) electrons. The minimum Gasteiger partial charge on any atom is -0.494 e. The van der Waals surface area contributed by atoms with E-state index < -0.39 is 10.0 Å². The van der Waals surface area contributed by atoms with Crippen LogP contribution in [0.2, 0.25) is 0 Å². The zero-order valence-electron chi connectivity index (χ0n) is 17.8. The largest absolute Gasteiger partial charge is 0.494 e. The van der Waals surface area contributed by atoms with Gasteiger partial charge in [-0.05, 0) is 44.0 Å². The molecule has 1 N–H and O–H groups in total. The van der Waals surface area contributed by atoms with E-state index in [0.717, 1.165) is 0 Å². The van der Waals surface area contributed by atoms with Crippen molar-refractivity contribution >= 4 is 21.7 Å². The Morgan fingerprint density at radius 3 is 2.40 bits per heavy atom. The summed E-state index contributed by atoms with van der Waals surface area (Å²) in [5.41, 5.74) is -0.198. The normalized spacial score (nSPS) is 16.4. The van der Waals surface area contributed by atoms with Crippen LogP contribution in [0.5, 0.6) is 5.75 Å². The number of hydrogen-bond donors (Lipinski definition) is 1. The molecule has 30 heavy (non-hydrogen) atoms. The first-order valence-corrected chi connectivity index (χ1v) is 11.6. The van der Waals surface area contributed by atoms with E-state index in [1.165, 1.54) is 4.31 Å². The van der Waals surface area contributed by atoms with Crippen molar-refractivity contribution in [3.63, 3.8) is 0 Å². The van der Waals surface area contributed by atoms with E-state index in [0.29, 0.717) is 49.9 Å². The van der Waals surface area contributed by atoms with Crippen LogP contribution in [0, 0.1) is 5.92 Å². The van der Waals surface area contributed by atoms with Crippen LogP contribution in [0.1, 0.15) is 46.3 Å². The highest BCUT2D eigenvalue weighted by Gasteiger charge is 2.32. The molecule has 1 fully saturated rings. The molecule has 1 aliphatic rings. The molecule has 1 aromatic heterocycles. The lowest BCUT2D eigenvalue weighted by molar-refractivity contribution is -0.120. The van der Waals surface area contributed by atoms with E-state index in [1.807, 2.05) is 27.7 Å². The van der Waals surface area contributed by atoms with Gasteiger partial charge in [0.1, 0.15) is 11.5 Å². The Balaban J connectivity index is 1.58. The number of anilines is 1. The number of rotatable bonds is 6. The van der Waals surface area contributed by atoms with Gasteiger partial charge in [-0.25, -0.2) is 8.42 Å². The Hall–Kier alpha value is -2.39. The summed E-state index contributed by atoms with van der Waals surface area (Å²) >= 11 is 0. The van der Waals surface area contributed by atoms with Crippen LogP contribution in [0.3, 0.4) is 0 Å². The second-order valence-electron chi connectivity index (χ2n) is 8.40. The highest BCUT2D eigenvalue weighted by atomic mass is 32.2. The smallest absolute Gasteiger partial charge is 0.243 e. The van der Waals surface area contributed by atoms with Gasteiger partial charge in [-0.15, -0.1) is 0 Å². The molecular weight excluding hydrogens is 406 g/mol. The Kier molecular flexibility index (Phi) is 6.52.